The predicted octanol–water partition coefficient (Wildman–Crippen LogP) is 3.64. The summed E-state index contributed by atoms with van der Waals surface area (Å²) < 4.78 is 70.1. The third-order valence-corrected chi connectivity index (χ3v) is 6.68. The number of nitrogens with zero attached hydrogens (tertiary/aromatic N) is 3. The van der Waals surface area contributed by atoms with Gasteiger partial charge in [0.2, 0.25) is 0 Å². The van der Waals surface area contributed by atoms with Gasteiger partial charge in [-0.2, -0.15) is 27.2 Å². The molecule has 0 N–H and O–H groups in total. The third-order valence-electron chi connectivity index (χ3n) is 5.59. The van der Waals surface area contributed by atoms with Gasteiger partial charge in [0.05, 0.1) is 15.8 Å². The van der Waals surface area contributed by atoms with Crippen molar-refractivity contribution in [2.75, 3.05) is 13.1 Å². The molecule has 1 aromatic heterocycles. The Kier molecular flexibility index (Phi) is 7.45. The quantitative estimate of drug-likeness (QED) is 0.468. The van der Waals surface area contributed by atoms with Crippen LogP contribution in [-0.2, 0) is 11.0 Å². The molecule has 1 amide bonds. The van der Waals surface area contributed by atoms with E-state index in [1.807, 2.05) is 6.07 Å². The molecule has 3 aromatic rings. The molecule has 37 heavy (non-hydrogen) atoms. The maximum absolute atomic E-state index is 13.4. The van der Waals surface area contributed by atoms with Gasteiger partial charge in [-0.3, -0.25) is 14.2 Å². The lowest BCUT2D eigenvalue weighted by atomic mass is 10.2. The molecule has 0 unspecified atom stereocenters. The van der Waals surface area contributed by atoms with E-state index >= 15 is 0 Å². The Hall–Kier alpha value is -3.98. The summed E-state index contributed by atoms with van der Waals surface area (Å²) in [5.41, 5.74) is -1.85. The number of likely N-dealkylation sites (tertiary alicyclic amines) is 1. The van der Waals surface area contributed by atoms with Gasteiger partial charge in [-0.25, -0.2) is 0 Å². The van der Waals surface area contributed by atoms with Gasteiger partial charge in [0, 0.05) is 13.1 Å². The van der Waals surface area contributed by atoms with E-state index in [1.54, 1.807) is 0 Å². The van der Waals surface area contributed by atoms with E-state index in [0.717, 1.165) is 46.9 Å². The van der Waals surface area contributed by atoms with E-state index in [9.17, 15) is 36.8 Å². The number of carbonyl (C=O) groups excluding carboxylic acids is 1. The van der Waals surface area contributed by atoms with Crippen LogP contribution >= 0.6 is 11.3 Å². The summed E-state index contributed by atoms with van der Waals surface area (Å²) in [5, 5.41) is 9.85. The minimum Gasteiger partial charge on any atom is -0.435 e. The number of aromatic nitrogens is 1. The molecular weight excluding hydrogens is 517 g/mol. The molecule has 1 fully saturated rings. The van der Waals surface area contributed by atoms with Crippen LogP contribution in [0.5, 0.6) is 5.75 Å². The highest BCUT2D eigenvalue weighted by Gasteiger charge is 2.31. The average Bonchev–Trinajstić information content (AvgIpc) is 3.49. The largest absolute Gasteiger partial charge is 0.435 e. The van der Waals surface area contributed by atoms with Gasteiger partial charge < -0.3 is 9.64 Å². The van der Waals surface area contributed by atoms with Gasteiger partial charge in [-0.05, 0) is 54.8 Å². The van der Waals surface area contributed by atoms with Crippen molar-refractivity contribution in [2.24, 2.45) is 0 Å². The first kappa shape index (κ1) is 26.1. The number of nitriles is 1. The van der Waals surface area contributed by atoms with Gasteiger partial charge in [0.1, 0.15) is 16.5 Å². The van der Waals surface area contributed by atoms with E-state index in [1.165, 1.54) is 41.3 Å². The van der Waals surface area contributed by atoms with Crippen molar-refractivity contribution >= 4 is 28.9 Å². The maximum atomic E-state index is 13.4. The maximum Gasteiger partial charge on any atom is 0.416 e. The SMILES string of the molecule is N#C/C(C(=O)N1CCCC1)=c1\s/c(=C/c2ccc(OC(F)F)cc2)c(=O)n1-c1cccc(C(F)(F)F)c1. The molecular formula is C25H18F5N3O3S. The van der Waals surface area contributed by atoms with E-state index in [0.29, 0.717) is 18.7 Å². The van der Waals surface area contributed by atoms with Crippen LogP contribution < -0.4 is 19.5 Å². The van der Waals surface area contributed by atoms with Crippen LogP contribution in [0.15, 0.2) is 53.3 Å². The topological polar surface area (TPSA) is 75.3 Å². The van der Waals surface area contributed by atoms with Gasteiger partial charge in [-0.1, -0.05) is 18.2 Å². The smallest absolute Gasteiger partial charge is 0.416 e. The van der Waals surface area contributed by atoms with E-state index in [4.69, 9.17) is 0 Å². The van der Waals surface area contributed by atoms with E-state index in [-0.39, 0.29) is 26.2 Å². The van der Waals surface area contributed by atoms with Crippen molar-refractivity contribution < 1.29 is 31.5 Å². The molecule has 2 heterocycles. The lowest BCUT2D eigenvalue weighted by Gasteiger charge is -2.14. The highest BCUT2D eigenvalue weighted by molar-refractivity contribution is 7.07. The number of rotatable bonds is 5. The van der Waals surface area contributed by atoms with Gasteiger partial charge in [0.25, 0.3) is 11.5 Å². The number of amides is 1. The number of hydrogen-bond acceptors (Lipinski definition) is 5. The minimum absolute atomic E-state index is 0.0249. The molecule has 4 rings (SSSR count). The van der Waals surface area contributed by atoms with Crippen molar-refractivity contribution in [1.29, 1.82) is 5.26 Å². The number of alkyl halides is 5. The summed E-state index contributed by atoms with van der Waals surface area (Å²) in [6.07, 6.45) is -1.79. The number of hydrogen-bond donors (Lipinski definition) is 0. The summed E-state index contributed by atoms with van der Waals surface area (Å²) in [7, 11) is 0. The summed E-state index contributed by atoms with van der Waals surface area (Å²) in [6.45, 7) is -2.16. The Balaban J connectivity index is 1.95. The highest BCUT2D eigenvalue weighted by Crippen LogP contribution is 2.30. The molecule has 0 atom stereocenters. The van der Waals surface area contributed by atoms with Crippen LogP contribution in [0.25, 0.3) is 17.3 Å². The molecule has 2 aromatic carbocycles. The predicted molar refractivity (Wildman–Crippen MR) is 126 cm³/mol. The first-order valence-electron chi connectivity index (χ1n) is 11.0. The molecule has 12 heteroatoms. The van der Waals surface area contributed by atoms with Crippen molar-refractivity contribution in [2.45, 2.75) is 25.6 Å². The lowest BCUT2D eigenvalue weighted by molar-refractivity contribution is -0.137. The summed E-state index contributed by atoms with van der Waals surface area (Å²) in [5.74, 6) is -0.710. The van der Waals surface area contributed by atoms with E-state index < -0.39 is 29.8 Å². The zero-order valence-corrected chi connectivity index (χ0v) is 19.8. The molecule has 1 saturated heterocycles. The summed E-state index contributed by atoms with van der Waals surface area (Å²) in [6, 6.07) is 11.2. The normalized spacial score (nSPS) is 15.2. The molecule has 0 bridgehead atoms. The van der Waals surface area contributed by atoms with Gasteiger partial charge in [0.15, 0.2) is 5.57 Å². The van der Waals surface area contributed by atoms with Gasteiger partial charge >= 0.3 is 12.8 Å². The Labute approximate surface area is 210 Å². The van der Waals surface area contributed by atoms with Crippen molar-refractivity contribution in [3.8, 4) is 17.5 Å². The molecule has 0 saturated carbocycles. The fraction of sp³-hybridized carbons (Fsp3) is 0.240. The number of halogens is 5. The number of thiazole rings is 1. The lowest BCUT2D eigenvalue weighted by Crippen LogP contribution is -2.35. The zero-order valence-electron chi connectivity index (χ0n) is 19.0. The molecule has 1 aliphatic heterocycles. The Morgan fingerprint density at radius 1 is 1.11 bits per heavy atom. The monoisotopic (exact) mass is 535 g/mol. The van der Waals surface area contributed by atoms with E-state index in [2.05, 4.69) is 4.74 Å². The minimum atomic E-state index is -4.68. The van der Waals surface area contributed by atoms with Crippen LogP contribution in [0.1, 0.15) is 24.0 Å². The molecule has 0 aliphatic carbocycles. The summed E-state index contributed by atoms with van der Waals surface area (Å²) in [4.78, 5) is 28.0. The van der Waals surface area contributed by atoms with Crippen LogP contribution in [0.2, 0.25) is 0 Å². The fourth-order valence-electron chi connectivity index (χ4n) is 3.87. The van der Waals surface area contributed by atoms with Crippen LogP contribution in [0.3, 0.4) is 0 Å². The fourth-order valence-corrected chi connectivity index (χ4v) is 4.96. The average molecular weight is 535 g/mol. The molecule has 0 spiro atoms. The first-order valence-corrected chi connectivity index (χ1v) is 11.8. The van der Waals surface area contributed by atoms with Crippen LogP contribution in [0, 0.1) is 11.3 Å². The molecule has 1 aliphatic rings. The number of ether oxygens (including phenoxy) is 1. The number of carbonyl (C=O) groups is 1. The van der Waals surface area contributed by atoms with Crippen molar-refractivity contribution in [3.63, 3.8) is 0 Å². The van der Waals surface area contributed by atoms with Crippen LogP contribution in [0.4, 0.5) is 22.0 Å². The van der Waals surface area contributed by atoms with Crippen molar-refractivity contribution in [1.82, 2.24) is 9.47 Å². The van der Waals surface area contributed by atoms with Crippen molar-refractivity contribution in [3.05, 3.63) is 79.2 Å². The molecule has 0 radical (unpaired) electrons. The number of benzene rings is 2. The highest BCUT2D eigenvalue weighted by atomic mass is 32.1. The Morgan fingerprint density at radius 3 is 2.38 bits per heavy atom. The second kappa shape index (κ2) is 10.6. The third kappa shape index (κ3) is 5.72. The first-order chi connectivity index (χ1) is 17.6. The van der Waals surface area contributed by atoms with Gasteiger partial charge in [-0.15, -0.1) is 11.3 Å². The summed E-state index contributed by atoms with van der Waals surface area (Å²) >= 11 is 0.779. The second-order valence-electron chi connectivity index (χ2n) is 8.04. The second-order valence-corrected chi connectivity index (χ2v) is 9.07. The Morgan fingerprint density at radius 2 is 1.78 bits per heavy atom. The van der Waals surface area contributed by atoms with Crippen LogP contribution in [-0.4, -0.2) is 35.1 Å². The standard InChI is InChI=1S/C25H18F5N3O3S/c26-24(27)36-18-8-6-15(7-9-18)12-20-22(35)33(17-5-3-4-16(13-17)25(28,29)30)23(37-20)19(14-31)21(34)32-10-1-2-11-32/h3-9,12-13,24H,1-2,10-11H2/b20-12+,23-19+. The molecule has 6 nitrogen and oxygen atoms in total. The Bertz CT molecular complexity index is 1530. The molecule has 192 valence electrons. The zero-order chi connectivity index (χ0) is 26.7.